The monoisotopic (exact) mass is 202 g/mol. The molecule has 1 saturated heterocycles. The fourth-order valence-electron chi connectivity index (χ4n) is 1.67. The fourth-order valence-corrected chi connectivity index (χ4v) is 1.67. The quantitative estimate of drug-likeness (QED) is 0.728. The number of benzene rings is 1. The Bertz CT molecular complexity index is 586. The van der Waals surface area contributed by atoms with Crippen molar-refractivity contribution in [2.45, 2.75) is 0 Å². The lowest BCUT2D eigenvalue weighted by Gasteiger charge is -2.18. The predicted octanol–water partition coefficient (Wildman–Crippen LogP) is 1.11. The van der Waals surface area contributed by atoms with Crippen molar-refractivity contribution in [3.05, 3.63) is 39.9 Å². The molecule has 2 heterocycles. The summed E-state index contributed by atoms with van der Waals surface area (Å²) in [5.41, 5.74) is 3.83. The molecule has 0 amide bonds. The zero-order valence-corrected chi connectivity index (χ0v) is 8.04. The summed E-state index contributed by atoms with van der Waals surface area (Å²) in [5.74, 6) is -0.403. The van der Waals surface area contributed by atoms with E-state index < -0.39 is 5.76 Å². The first-order chi connectivity index (χ1) is 7.31. The standard InChI is InChI=1S/C11H10N2O2/c14-11-13-9-4-7(1-2-10(9)15-11)3-8-5-12-6-8/h1-4,12H,5-6H2,(H,13,14). The molecule has 4 nitrogen and oxygen atoms in total. The highest BCUT2D eigenvalue weighted by atomic mass is 16.4. The van der Waals surface area contributed by atoms with Crippen molar-refractivity contribution in [3.63, 3.8) is 0 Å². The van der Waals surface area contributed by atoms with E-state index in [0.29, 0.717) is 5.58 Å². The number of hydrogen-bond donors (Lipinski definition) is 2. The Hall–Kier alpha value is -1.81. The van der Waals surface area contributed by atoms with Crippen LogP contribution in [0.1, 0.15) is 5.56 Å². The Morgan fingerprint density at radius 2 is 2.20 bits per heavy atom. The number of aromatic nitrogens is 1. The van der Waals surface area contributed by atoms with E-state index in [1.54, 1.807) is 0 Å². The third kappa shape index (κ3) is 1.49. The molecule has 2 aromatic rings. The second-order valence-corrected chi connectivity index (χ2v) is 3.68. The lowest BCUT2D eigenvalue weighted by atomic mass is 10.1. The van der Waals surface area contributed by atoms with E-state index in [0.717, 1.165) is 24.2 Å². The molecule has 76 valence electrons. The first kappa shape index (κ1) is 8.49. The van der Waals surface area contributed by atoms with Crippen molar-refractivity contribution >= 4 is 17.2 Å². The molecular weight excluding hydrogens is 192 g/mol. The molecular formula is C11H10N2O2. The maximum atomic E-state index is 10.9. The molecule has 4 heteroatoms. The molecule has 0 bridgehead atoms. The Morgan fingerprint density at radius 3 is 2.93 bits per heavy atom. The summed E-state index contributed by atoms with van der Waals surface area (Å²) >= 11 is 0. The lowest BCUT2D eigenvalue weighted by molar-refractivity contribution is 0.555. The highest BCUT2D eigenvalue weighted by Crippen LogP contribution is 2.15. The average molecular weight is 202 g/mol. The van der Waals surface area contributed by atoms with Gasteiger partial charge >= 0.3 is 5.76 Å². The van der Waals surface area contributed by atoms with Gasteiger partial charge in [-0.05, 0) is 23.3 Å². The first-order valence-electron chi connectivity index (χ1n) is 4.84. The van der Waals surface area contributed by atoms with E-state index in [4.69, 9.17) is 4.42 Å². The maximum absolute atomic E-state index is 10.9. The second-order valence-electron chi connectivity index (χ2n) is 3.68. The van der Waals surface area contributed by atoms with Gasteiger partial charge in [0.15, 0.2) is 5.58 Å². The minimum Gasteiger partial charge on any atom is -0.408 e. The normalized spacial score (nSPS) is 15.3. The number of aromatic amines is 1. The van der Waals surface area contributed by atoms with E-state index in [1.165, 1.54) is 5.57 Å². The highest BCUT2D eigenvalue weighted by molar-refractivity contribution is 5.76. The molecule has 15 heavy (non-hydrogen) atoms. The van der Waals surface area contributed by atoms with Crippen LogP contribution in [0.4, 0.5) is 0 Å². The van der Waals surface area contributed by atoms with Gasteiger partial charge in [-0.1, -0.05) is 12.1 Å². The lowest BCUT2D eigenvalue weighted by Crippen LogP contribution is -2.33. The molecule has 1 fully saturated rings. The molecule has 0 spiro atoms. The molecule has 1 aliphatic rings. The molecule has 1 aromatic carbocycles. The van der Waals surface area contributed by atoms with Crippen molar-refractivity contribution in [2.24, 2.45) is 0 Å². The van der Waals surface area contributed by atoms with Crippen LogP contribution in [0, 0.1) is 0 Å². The number of nitrogens with one attached hydrogen (secondary N) is 2. The van der Waals surface area contributed by atoms with Crippen LogP contribution in [0.15, 0.2) is 33.0 Å². The van der Waals surface area contributed by atoms with Crippen LogP contribution >= 0.6 is 0 Å². The smallest absolute Gasteiger partial charge is 0.408 e. The summed E-state index contributed by atoms with van der Waals surface area (Å²) in [4.78, 5) is 13.6. The van der Waals surface area contributed by atoms with Gasteiger partial charge in [0.05, 0.1) is 5.52 Å². The van der Waals surface area contributed by atoms with Crippen molar-refractivity contribution in [1.82, 2.24) is 10.3 Å². The summed E-state index contributed by atoms with van der Waals surface area (Å²) in [7, 11) is 0. The summed E-state index contributed by atoms with van der Waals surface area (Å²) < 4.78 is 4.92. The Balaban J connectivity index is 2.08. The predicted molar refractivity (Wildman–Crippen MR) is 57.7 cm³/mol. The molecule has 0 radical (unpaired) electrons. The fraction of sp³-hybridized carbons (Fsp3) is 0.182. The average Bonchev–Trinajstić information content (AvgIpc) is 2.50. The van der Waals surface area contributed by atoms with Gasteiger partial charge in [0.2, 0.25) is 0 Å². The van der Waals surface area contributed by atoms with E-state index in [1.807, 2.05) is 18.2 Å². The van der Waals surface area contributed by atoms with Gasteiger partial charge in [-0.3, -0.25) is 4.98 Å². The summed E-state index contributed by atoms with van der Waals surface area (Å²) in [5, 5.41) is 3.18. The molecule has 0 aliphatic carbocycles. The van der Waals surface area contributed by atoms with Gasteiger partial charge in [0, 0.05) is 13.1 Å². The molecule has 0 saturated carbocycles. The molecule has 0 unspecified atom stereocenters. The largest absolute Gasteiger partial charge is 0.417 e. The van der Waals surface area contributed by atoms with Crippen LogP contribution in [0.3, 0.4) is 0 Å². The molecule has 0 atom stereocenters. The molecule has 3 rings (SSSR count). The van der Waals surface area contributed by atoms with Crippen LogP contribution in [-0.4, -0.2) is 18.1 Å². The number of fused-ring (bicyclic) bond motifs is 1. The van der Waals surface area contributed by atoms with Crippen molar-refractivity contribution in [1.29, 1.82) is 0 Å². The number of rotatable bonds is 1. The minimum absolute atomic E-state index is 0.403. The Labute approximate surface area is 85.6 Å². The van der Waals surface area contributed by atoms with Crippen LogP contribution in [-0.2, 0) is 0 Å². The minimum atomic E-state index is -0.403. The van der Waals surface area contributed by atoms with Gasteiger partial charge in [0.25, 0.3) is 0 Å². The van der Waals surface area contributed by atoms with Crippen molar-refractivity contribution < 1.29 is 4.42 Å². The summed E-state index contributed by atoms with van der Waals surface area (Å²) in [6.07, 6.45) is 2.13. The summed E-state index contributed by atoms with van der Waals surface area (Å²) in [6.45, 7) is 1.92. The van der Waals surface area contributed by atoms with Crippen molar-refractivity contribution in [3.8, 4) is 0 Å². The van der Waals surface area contributed by atoms with Gasteiger partial charge in [-0.2, -0.15) is 0 Å². The van der Waals surface area contributed by atoms with Gasteiger partial charge in [-0.15, -0.1) is 0 Å². The third-order valence-electron chi connectivity index (χ3n) is 2.52. The zero-order valence-electron chi connectivity index (χ0n) is 8.04. The second kappa shape index (κ2) is 3.10. The third-order valence-corrected chi connectivity index (χ3v) is 2.52. The SMILES string of the molecule is O=c1[nH]c2cc(C=C3CNC3)ccc2o1. The van der Waals surface area contributed by atoms with Crippen LogP contribution < -0.4 is 11.1 Å². The van der Waals surface area contributed by atoms with Crippen LogP contribution in [0.25, 0.3) is 17.2 Å². The van der Waals surface area contributed by atoms with E-state index in [-0.39, 0.29) is 0 Å². The molecule has 2 N–H and O–H groups in total. The van der Waals surface area contributed by atoms with Gasteiger partial charge in [-0.25, -0.2) is 4.79 Å². The molecule has 1 aliphatic heterocycles. The Morgan fingerprint density at radius 1 is 1.33 bits per heavy atom. The van der Waals surface area contributed by atoms with E-state index in [9.17, 15) is 4.79 Å². The number of hydrogen-bond acceptors (Lipinski definition) is 3. The van der Waals surface area contributed by atoms with Crippen molar-refractivity contribution in [2.75, 3.05) is 13.1 Å². The van der Waals surface area contributed by atoms with E-state index >= 15 is 0 Å². The Kier molecular flexibility index (Phi) is 1.76. The topological polar surface area (TPSA) is 58.0 Å². The maximum Gasteiger partial charge on any atom is 0.417 e. The van der Waals surface area contributed by atoms with E-state index in [2.05, 4.69) is 16.4 Å². The van der Waals surface area contributed by atoms with Crippen LogP contribution in [0.5, 0.6) is 0 Å². The van der Waals surface area contributed by atoms with Crippen LogP contribution in [0.2, 0.25) is 0 Å². The van der Waals surface area contributed by atoms with Gasteiger partial charge in [0.1, 0.15) is 0 Å². The summed E-state index contributed by atoms with van der Waals surface area (Å²) in [6, 6.07) is 5.68. The number of oxazole rings is 1. The number of H-pyrrole nitrogens is 1. The first-order valence-corrected chi connectivity index (χ1v) is 4.84. The highest BCUT2D eigenvalue weighted by Gasteiger charge is 2.07. The zero-order chi connectivity index (χ0) is 10.3. The molecule has 1 aromatic heterocycles. The van der Waals surface area contributed by atoms with Gasteiger partial charge < -0.3 is 9.73 Å².